The van der Waals surface area contributed by atoms with E-state index in [0.717, 1.165) is 38.1 Å². The van der Waals surface area contributed by atoms with Gasteiger partial charge in [0.15, 0.2) is 0 Å². The second-order valence-electron chi connectivity index (χ2n) is 7.31. The van der Waals surface area contributed by atoms with E-state index < -0.39 is 12.1 Å². The van der Waals surface area contributed by atoms with Crippen LogP contribution in [0.15, 0.2) is 41.2 Å². The molecule has 1 saturated heterocycles. The predicted octanol–water partition coefficient (Wildman–Crippen LogP) is 3.99. The summed E-state index contributed by atoms with van der Waals surface area (Å²) in [6, 6.07) is 6.89. The quantitative estimate of drug-likeness (QED) is 0.483. The van der Waals surface area contributed by atoms with Crippen LogP contribution in [-0.4, -0.2) is 43.1 Å². The minimum atomic E-state index is -4.70. The van der Waals surface area contributed by atoms with Gasteiger partial charge in [-0.15, -0.1) is 0 Å². The lowest BCUT2D eigenvalue weighted by atomic mass is 10.0. The maximum absolute atomic E-state index is 12.8. The number of ether oxygens (including phenoxy) is 1. The molecular weight excluding hydrogens is 413 g/mol. The minimum Gasteiger partial charge on any atom is -0.381 e. The Balaban J connectivity index is 1.52. The molecule has 0 bridgehead atoms. The molecule has 0 atom stereocenters. The normalized spacial score (nSPS) is 15.6. The molecule has 0 aliphatic carbocycles. The lowest BCUT2D eigenvalue weighted by Crippen LogP contribution is -2.20. The molecule has 4 aromatic heterocycles. The summed E-state index contributed by atoms with van der Waals surface area (Å²) in [6.07, 6.45) is 0.365. The molecule has 31 heavy (non-hydrogen) atoms. The van der Waals surface area contributed by atoms with Crippen molar-refractivity contribution < 1.29 is 22.4 Å². The zero-order valence-corrected chi connectivity index (χ0v) is 16.2. The monoisotopic (exact) mass is 430 g/mol. The van der Waals surface area contributed by atoms with E-state index in [0.29, 0.717) is 28.4 Å². The summed E-state index contributed by atoms with van der Waals surface area (Å²) in [5.41, 5.74) is 2.89. The van der Waals surface area contributed by atoms with Gasteiger partial charge in [-0.2, -0.15) is 23.3 Å². The molecular formula is C20H17F3N6O2. The number of nitrogens with zero attached hydrogens (tertiary/aromatic N) is 6. The Kier molecular flexibility index (Phi) is 4.89. The van der Waals surface area contributed by atoms with Gasteiger partial charge in [-0.1, -0.05) is 5.16 Å². The second kappa shape index (κ2) is 7.73. The van der Waals surface area contributed by atoms with Crippen molar-refractivity contribution in [3.05, 3.63) is 42.5 Å². The van der Waals surface area contributed by atoms with E-state index in [2.05, 4.69) is 24.6 Å². The number of hydrogen-bond acceptors (Lipinski definition) is 7. The number of hydrogen-bond donors (Lipinski definition) is 0. The van der Waals surface area contributed by atoms with Crippen molar-refractivity contribution >= 4 is 11.0 Å². The van der Waals surface area contributed by atoms with Crippen LogP contribution in [0.25, 0.3) is 33.8 Å². The average Bonchev–Trinajstić information content (AvgIpc) is 3.41. The van der Waals surface area contributed by atoms with E-state index >= 15 is 0 Å². The van der Waals surface area contributed by atoms with Crippen LogP contribution < -0.4 is 0 Å². The summed E-state index contributed by atoms with van der Waals surface area (Å²) in [6.45, 7) is 2.21. The average molecular weight is 430 g/mol. The van der Waals surface area contributed by atoms with Gasteiger partial charge in [0, 0.05) is 37.7 Å². The van der Waals surface area contributed by atoms with Crippen molar-refractivity contribution in [3.63, 3.8) is 0 Å². The topological polar surface area (TPSA) is 91.8 Å². The van der Waals surface area contributed by atoms with Crippen molar-refractivity contribution in [2.45, 2.75) is 25.6 Å². The summed E-state index contributed by atoms with van der Waals surface area (Å²) in [4.78, 5) is 12.3. The Labute approximate surface area is 174 Å². The van der Waals surface area contributed by atoms with E-state index in [1.165, 1.54) is 12.3 Å². The van der Waals surface area contributed by atoms with E-state index in [9.17, 15) is 13.2 Å². The van der Waals surface area contributed by atoms with Crippen LogP contribution in [0.2, 0.25) is 0 Å². The molecule has 1 fully saturated rings. The molecule has 0 unspecified atom stereocenters. The van der Waals surface area contributed by atoms with Gasteiger partial charge in [0.1, 0.15) is 11.2 Å². The highest BCUT2D eigenvalue weighted by molar-refractivity contribution is 5.89. The molecule has 0 spiro atoms. The van der Waals surface area contributed by atoms with Crippen LogP contribution in [0.1, 0.15) is 18.7 Å². The molecule has 0 radical (unpaired) electrons. The number of rotatable bonds is 4. The van der Waals surface area contributed by atoms with Gasteiger partial charge in [-0.25, -0.2) is 0 Å². The third kappa shape index (κ3) is 3.88. The molecule has 0 saturated carbocycles. The Morgan fingerprint density at radius 2 is 1.94 bits per heavy atom. The van der Waals surface area contributed by atoms with Gasteiger partial charge in [0.2, 0.25) is 5.82 Å². The highest BCUT2D eigenvalue weighted by Crippen LogP contribution is 2.31. The molecule has 11 heteroatoms. The fraction of sp³-hybridized carbons (Fsp3) is 0.350. The number of aromatic nitrogens is 6. The van der Waals surface area contributed by atoms with E-state index in [-0.39, 0.29) is 5.82 Å². The number of alkyl halides is 3. The Hall–Kier alpha value is -3.34. The van der Waals surface area contributed by atoms with Crippen LogP contribution in [0.3, 0.4) is 0 Å². The standard InChI is InChI=1S/C20H17F3N6O2/c21-20(22,23)19-26-18(28-31-19)13-3-7-24-14(10-13)16-17-15(2-1-6-25-17)29(27-16)11-12-4-8-30-9-5-12/h1-3,6-7,10,12H,4-5,8-9,11H2. The van der Waals surface area contributed by atoms with Crippen LogP contribution in [0.5, 0.6) is 0 Å². The maximum Gasteiger partial charge on any atom is 0.471 e. The Morgan fingerprint density at radius 3 is 2.71 bits per heavy atom. The van der Waals surface area contributed by atoms with Gasteiger partial charge >= 0.3 is 12.1 Å². The minimum absolute atomic E-state index is 0.171. The van der Waals surface area contributed by atoms with Crippen LogP contribution in [-0.2, 0) is 17.5 Å². The first-order valence-electron chi connectivity index (χ1n) is 9.76. The van der Waals surface area contributed by atoms with Gasteiger partial charge in [-0.05, 0) is 43.0 Å². The Morgan fingerprint density at radius 1 is 1.10 bits per heavy atom. The van der Waals surface area contributed by atoms with Gasteiger partial charge in [0.05, 0.1) is 11.2 Å². The van der Waals surface area contributed by atoms with E-state index in [1.807, 2.05) is 16.8 Å². The first-order chi connectivity index (χ1) is 15.0. The number of halogens is 3. The molecule has 8 nitrogen and oxygen atoms in total. The van der Waals surface area contributed by atoms with Crippen molar-refractivity contribution in [1.29, 1.82) is 0 Å². The molecule has 0 amide bonds. The van der Waals surface area contributed by atoms with Crippen molar-refractivity contribution in [3.8, 4) is 22.8 Å². The fourth-order valence-corrected chi connectivity index (χ4v) is 3.65. The van der Waals surface area contributed by atoms with Crippen LogP contribution in [0, 0.1) is 5.92 Å². The van der Waals surface area contributed by atoms with E-state index in [4.69, 9.17) is 9.84 Å². The van der Waals surface area contributed by atoms with E-state index in [1.54, 1.807) is 12.3 Å². The first kappa shape index (κ1) is 19.6. The summed E-state index contributed by atoms with van der Waals surface area (Å²) in [5, 5.41) is 8.19. The maximum atomic E-state index is 12.8. The second-order valence-corrected chi connectivity index (χ2v) is 7.31. The molecule has 0 aromatic carbocycles. The fourth-order valence-electron chi connectivity index (χ4n) is 3.65. The smallest absolute Gasteiger partial charge is 0.381 e. The largest absolute Gasteiger partial charge is 0.471 e. The molecule has 1 aliphatic rings. The summed E-state index contributed by atoms with van der Waals surface area (Å²) in [5.74, 6) is -1.12. The van der Waals surface area contributed by atoms with Crippen molar-refractivity contribution in [1.82, 2.24) is 29.9 Å². The molecule has 5 rings (SSSR count). The van der Waals surface area contributed by atoms with Gasteiger partial charge in [0.25, 0.3) is 0 Å². The third-order valence-electron chi connectivity index (χ3n) is 5.21. The highest BCUT2D eigenvalue weighted by Gasteiger charge is 2.38. The molecule has 4 aromatic rings. The SMILES string of the molecule is FC(F)(F)c1nc(-c2ccnc(-c3nn(CC4CCOCC4)c4cccnc34)c2)no1. The lowest BCUT2D eigenvalue weighted by Gasteiger charge is -2.22. The predicted molar refractivity (Wildman–Crippen MR) is 103 cm³/mol. The van der Waals surface area contributed by atoms with Gasteiger partial charge < -0.3 is 9.26 Å². The molecule has 160 valence electrons. The zero-order chi connectivity index (χ0) is 21.4. The third-order valence-corrected chi connectivity index (χ3v) is 5.21. The molecule has 5 heterocycles. The summed E-state index contributed by atoms with van der Waals surface area (Å²) >= 11 is 0. The zero-order valence-electron chi connectivity index (χ0n) is 16.2. The summed E-state index contributed by atoms with van der Waals surface area (Å²) in [7, 11) is 0. The molecule has 0 N–H and O–H groups in total. The number of pyridine rings is 2. The molecule has 1 aliphatic heterocycles. The van der Waals surface area contributed by atoms with Gasteiger partial charge in [-0.3, -0.25) is 14.6 Å². The van der Waals surface area contributed by atoms with Crippen molar-refractivity contribution in [2.75, 3.05) is 13.2 Å². The first-order valence-corrected chi connectivity index (χ1v) is 9.76. The van der Waals surface area contributed by atoms with Crippen LogP contribution >= 0.6 is 0 Å². The van der Waals surface area contributed by atoms with Crippen LogP contribution in [0.4, 0.5) is 13.2 Å². The highest BCUT2D eigenvalue weighted by atomic mass is 19.4. The van der Waals surface area contributed by atoms with Crippen molar-refractivity contribution in [2.24, 2.45) is 5.92 Å². The summed E-state index contributed by atoms with van der Waals surface area (Å²) < 4.78 is 50.1. The lowest BCUT2D eigenvalue weighted by molar-refractivity contribution is -0.159. The number of fused-ring (bicyclic) bond motifs is 1. The Bertz CT molecular complexity index is 1210.